The monoisotopic (exact) mass is 404 g/mol. The number of hydrazone groups is 2. The van der Waals surface area contributed by atoms with Gasteiger partial charge < -0.3 is 0 Å². The number of halogens is 2. The molecule has 0 aliphatic heterocycles. The smallest absolute Gasteiger partial charge is 0.252 e. The van der Waals surface area contributed by atoms with Gasteiger partial charge in [-0.25, -0.2) is 10.9 Å². The van der Waals surface area contributed by atoms with Crippen molar-refractivity contribution in [1.82, 2.24) is 10.9 Å². The Morgan fingerprint density at radius 2 is 1.37 bits per heavy atom. The van der Waals surface area contributed by atoms with Crippen molar-refractivity contribution in [3.63, 3.8) is 0 Å². The van der Waals surface area contributed by atoms with Crippen LogP contribution in [0.5, 0.6) is 0 Å². The molecule has 27 heavy (non-hydrogen) atoms. The number of carbonyl (C=O) groups excluding carboxylic acids is 2. The molecule has 2 aromatic carbocycles. The van der Waals surface area contributed by atoms with Crippen molar-refractivity contribution in [2.45, 2.75) is 13.3 Å². The minimum Gasteiger partial charge on any atom is -0.272 e. The van der Waals surface area contributed by atoms with E-state index in [9.17, 15) is 9.59 Å². The van der Waals surface area contributed by atoms with Crippen molar-refractivity contribution in [1.29, 1.82) is 0 Å². The second-order valence-corrected chi connectivity index (χ2v) is 6.41. The number of benzene rings is 2. The highest BCUT2D eigenvalue weighted by atomic mass is 35.5. The summed E-state index contributed by atoms with van der Waals surface area (Å²) in [5, 5.41) is 8.84. The Bertz CT molecular complexity index is 799. The van der Waals surface area contributed by atoms with Gasteiger partial charge in [0.1, 0.15) is 5.92 Å². The van der Waals surface area contributed by atoms with E-state index in [0.717, 1.165) is 11.1 Å². The number of nitrogens with zero attached hydrogens (tertiary/aromatic N) is 2. The van der Waals surface area contributed by atoms with Crippen molar-refractivity contribution in [3.8, 4) is 0 Å². The first-order valence-electron chi connectivity index (χ1n) is 8.16. The molecular formula is C19H18Cl2N4O2. The van der Waals surface area contributed by atoms with Crippen LogP contribution in [-0.2, 0) is 9.59 Å². The van der Waals surface area contributed by atoms with Crippen LogP contribution in [0.25, 0.3) is 0 Å². The zero-order valence-electron chi connectivity index (χ0n) is 14.5. The Kier molecular flexibility index (Phi) is 7.98. The van der Waals surface area contributed by atoms with Gasteiger partial charge in [-0.2, -0.15) is 10.2 Å². The van der Waals surface area contributed by atoms with E-state index in [1.807, 2.05) is 0 Å². The molecule has 0 saturated heterocycles. The van der Waals surface area contributed by atoms with Gasteiger partial charge in [-0.05, 0) is 41.8 Å². The number of rotatable bonds is 7. The molecule has 8 heteroatoms. The quantitative estimate of drug-likeness (QED) is 0.419. The lowest BCUT2D eigenvalue weighted by atomic mass is 10.1. The molecule has 0 aromatic heterocycles. The fraction of sp³-hybridized carbons (Fsp3) is 0.158. The Morgan fingerprint density at radius 3 is 1.74 bits per heavy atom. The highest BCUT2D eigenvalue weighted by molar-refractivity contribution is 6.31. The first kappa shape index (κ1) is 20.6. The maximum atomic E-state index is 12.2. The fourth-order valence-corrected chi connectivity index (χ4v) is 2.56. The standard InChI is InChI=1S/C19H18Cl2N4O2/c1-2-17(18(26)24-22-11-13-5-3-7-15(20)9-13)19(27)25-23-12-14-6-4-8-16(21)10-14/h3-12,17H,2H2,1H3,(H,24,26)(H,25,27)/b22-11-,23-12-. The summed E-state index contributed by atoms with van der Waals surface area (Å²) >= 11 is 11.8. The van der Waals surface area contributed by atoms with Gasteiger partial charge in [-0.15, -0.1) is 0 Å². The molecule has 0 heterocycles. The Hall–Kier alpha value is -2.70. The number of carbonyl (C=O) groups is 2. The predicted octanol–water partition coefficient (Wildman–Crippen LogP) is 3.62. The van der Waals surface area contributed by atoms with Crippen LogP contribution in [-0.4, -0.2) is 24.2 Å². The van der Waals surface area contributed by atoms with Gasteiger partial charge >= 0.3 is 0 Å². The van der Waals surface area contributed by atoms with Crippen LogP contribution in [0.1, 0.15) is 24.5 Å². The molecule has 0 spiro atoms. The minimum absolute atomic E-state index is 0.303. The van der Waals surface area contributed by atoms with Crippen molar-refractivity contribution in [2.75, 3.05) is 0 Å². The number of hydrogen-bond donors (Lipinski definition) is 2. The normalized spacial score (nSPS) is 11.3. The van der Waals surface area contributed by atoms with Crippen LogP contribution in [0.2, 0.25) is 10.0 Å². The van der Waals surface area contributed by atoms with Gasteiger partial charge in [0.2, 0.25) is 0 Å². The van der Waals surface area contributed by atoms with Gasteiger partial charge in [0.15, 0.2) is 0 Å². The van der Waals surface area contributed by atoms with Crippen molar-refractivity contribution in [3.05, 3.63) is 69.7 Å². The fourth-order valence-electron chi connectivity index (χ4n) is 2.16. The third-order valence-corrected chi connectivity index (χ3v) is 3.99. The summed E-state index contributed by atoms with van der Waals surface area (Å²) in [5.74, 6) is -1.96. The average Bonchev–Trinajstić information content (AvgIpc) is 2.62. The number of hydrogen-bond acceptors (Lipinski definition) is 4. The molecule has 2 N–H and O–H groups in total. The zero-order valence-corrected chi connectivity index (χ0v) is 16.0. The summed E-state index contributed by atoms with van der Waals surface area (Å²) in [7, 11) is 0. The van der Waals surface area contributed by atoms with Gasteiger partial charge in [0.25, 0.3) is 11.8 Å². The van der Waals surface area contributed by atoms with E-state index in [1.165, 1.54) is 12.4 Å². The minimum atomic E-state index is -0.918. The van der Waals surface area contributed by atoms with E-state index >= 15 is 0 Å². The molecule has 0 aliphatic rings. The van der Waals surface area contributed by atoms with Crippen LogP contribution >= 0.6 is 23.2 Å². The molecule has 0 atom stereocenters. The van der Waals surface area contributed by atoms with Crippen LogP contribution in [0.15, 0.2) is 58.7 Å². The molecule has 2 aromatic rings. The van der Waals surface area contributed by atoms with Crippen LogP contribution in [0, 0.1) is 5.92 Å². The first-order valence-corrected chi connectivity index (χ1v) is 8.92. The molecular weight excluding hydrogens is 387 g/mol. The summed E-state index contributed by atoms with van der Waals surface area (Å²) in [6.45, 7) is 1.73. The van der Waals surface area contributed by atoms with E-state index in [1.54, 1.807) is 55.5 Å². The van der Waals surface area contributed by atoms with Gasteiger partial charge in [0, 0.05) is 10.0 Å². The summed E-state index contributed by atoms with van der Waals surface area (Å²) in [6, 6.07) is 14.0. The van der Waals surface area contributed by atoms with Crippen molar-refractivity contribution in [2.24, 2.45) is 16.1 Å². The molecule has 0 saturated carbocycles. The molecule has 0 unspecified atom stereocenters. The molecule has 2 rings (SSSR count). The van der Waals surface area contributed by atoms with Gasteiger partial charge in [0.05, 0.1) is 12.4 Å². The Morgan fingerprint density at radius 1 is 0.926 bits per heavy atom. The third kappa shape index (κ3) is 6.84. The summed E-state index contributed by atoms with van der Waals surface area (Å²) < 4.78 is 0. The Balaban J connectivity index is 1.90. The zero-order chi connectivity index (χ0) is 19.6. The largest absolute Gasteiger partial charge is 0.272 e. The van der Waals surface area contributed by atoms with Crippen LogP contribution < -0.4 is 10.9 Å². The van der Waals surface area contributed by atoms with Crippen LogP contribution in [0.4, 0.5) is 0 Å². The topological polar surface area (TPSA) is 82.9 Å². The summed E-state index contributed by atoms with van der Waals surface area (Å²) in [5.41, 5.74) is 6.17. The maximum absolute atomic E-state index is 12.2. The second-order valence-electron chi connectivity index (χ2n) is 5.54. The highest BCUT2D eigenvalue weighted by Crippen LogP contribution is 2.10. The summed E-state index contributed by atoms with van der Waals surface area (Å²) in [4.78, 5) is 24.3. The SMILES string of the molecule is CCC(C(=O)N/N=C\c1cccc(Cl)c1)C(=O)N/N=C\c1cccc(Cl)c1. The van der Waals surface area contributed by atoms with E-state index < -0.39 is 17.7 Å². The molecule has 0 bridgehead atoms. The van der Waals surface area contributed by atoms with E-state index in [0.29, 0.717) is 16.5 Å². The Labute approximate surface area is 167 Å². The van der Waals surface area contributed by atoms with E-state index in [4.69, 9.17) is 23.2 Å². The lowest BCUT2D eigenvalue weighted by Gasteiger charge is -2.10. The third-order valence-electron chi connectivity index (χ3n) is 3.52. The second kappa shape index (κ2) is 10.4. The predicted molar refractivity (Wildman–Crippen MR) is 108 cm³/mol. The van der Waals surface area contributed by atoms with Crippen molar-refractivity contribution >= 4 is 47.4 Å². The summed E-state index contributed by atoms with van der Waals surface area (Å²) in [6.07, 6.45) is 3.20. The van der Waals surface area contributed by atoms with Crippen molar-refractivity contribution < 1.29 is 9.59 Å². The average molecular weight is 405 g/mol. The van der Waals surface area contributed by atoms with Gasteiger partial charge in [-0.3, -0.25) is 9.59 Å². The molecule has 2 amide bonds. The molecule has 140 valence electrons. The van der Waals surface area contributed by atoms with Gasteiger partial charge in [-0.1, -0.05) is 54.4 Å². The number of amides is 2. The molecule has 6 nitrogen and oxygen atoms in total. The number of nitrogens with one attached hydrogen (secondary N) is 2. The lowest BCUT2D eigenvalue weighted by Crippen LogP contribution is -2.37. The molecule has 0 aliphatic carbocycles. The maximum Gasteiger partial charge on any atom is 0.252 e. The van der Waals surface area contributed by atoms with E-state index in [-0.39, 0.29) is 0 Å². The molecule has 0 fully saturated rings. The lowest BCUT2D eigenvalue weighted by molar-refractivity contribution is -0.135. The van der Waals surface area contributed by atoms with E-state index in [2.05, 4.69) is 21.1 Å². The molecule has 0 radical (unpaired) electrons. The highest BCUT2D eigenvalue weighted by Gasteiger charge is 2.24. The van der Waals surface area contributed by atoms with Crippen LogP contribution in [0.3, 0.4) is 0 Å². The first-order chi connectivity index (χ1) is 13.0.